The Bertz CT molecular complexity index is 715. The highest BCUT2D eigenvalue weighted by molar-refractivity contribution is 5.89. The number of nitrogens with one attached hydrogen (secondary N) is 2. The quantitative estimate of drug-likeness (QED) is 0.783. The van der Waals surface area contributed by atoms with Crippen molar-refractivity contribution in [3.8, 4) is 5.75 Å². The topological polar surface area (TPSA) is 64.6 Å². The van der Waals surface area contributed by atoms with Crippen LogP contribution in [0.4, 0.5) is 10.5 Å². The van der Waals surface area contributed by atoms with Crippen LogP contribution in [0.5, 0.6) is 5.75 Å². The number of likely N-dealkylation sites (tertiary alicyclic amines) is 1. The molecule has 3 rings (SSSR count). The van der Waals surface area contributed by atoms with Gasteiger partial charge in [0.05, 0.1) is 0 Å². The lowest BCUT2D eigenvalue weighted by atomic mass is 10.1. The number of carbonyl (C=O) groups excluding carboxylic acids is 1. The van der Waals surface area contributed by atoms with E-state index in [1.54, 1.807) is 12.1 Å². The van der Waals surface area contributed by atoms with Crippen LogP contribution in [0.2, 0.25) is 0 Å². The number of aryl methyl sites for hydroxylation is 1. The van der Waals surface area contributed by atoms with Crippen LogP contribution in [0, 0.1) is 12.8 Å². The number of benzene rings is 2. The molecule has 0 bridgehead atoms. The zero-order chi connectivity index (χ0) is 17.6. The van der Waals surface area contributed by atoms with Gasteiger partial charge in [0.15, 0.2) is 0 Å². The van der Waals surface area contributed by atoms with E-state index < -0.39 is 0 Å². The summed E-state index contributed by atoms with van der Waals surface area (Å²) in [6.07, 6.45) is 1.07. The van der Waals surface area contributed by atoms with Crippen LogP contribution < -0.4 is 10.6 Å². The first-order valence-corrected chi connectivity index (χ1v) is 8.70. The number of aromatic hydroxyl groups is 1. The van der Waals surface area contributed by atoms with Crippen molar-refractivity contribution in [2.75, 3.05) is 25.0 Å². The number of carbonyl (C=O) groups is 1. The first kappa shape index (κ1) is 17.3. The van der Waals surface area contributed by atoms with E-state index >= 15 is 0 Å². The minimum absolute atomic E-state index is 0.157. The molecule has 2 amide bonds. The maximum Gasteiger partial charge on any atom is 0.319 e. The summed E-state index contributed by atoms with van der Waals surface area (Å²) in [5.74, 6) is 0.767. The number of phenolic OH excluding ortho intramolecular Hbond substituents is 1. The van der Waals surface area contributed by atoms with Gasteiger partial charge in [-0.2, -0.15) is 0 Å². The minimum atomic E-state index is -0.157. The van der Waals surface area contributed by atoms with Crippen LogP contribution >= 0.6 is 0 Å². The van der Waals surface area contributed by atoms with Gasteiger partial charge in [-0.05, 0) is 55.6 Å². The molecule has 1 atom stereocenters. The molecule has 25 heavy (non-hydrogen) atoms. The molecule has 0 unspecified atom stereocenters. The van der Waals surface area contributed by atoms with Crippen molar-refractivity contribution < 1.29 is 9.90 Å². The number of hydrogen-bond acceptors (Lipinski definition) is 3. The fourth-order valence-electron chi connectivity index (χ4n) is 3.19. The molecule has 0 aromatic heterocycles. The van der Waals surface area contributed by atoms with Gasteiger partial charge in [0.2, 0.25) is 0 Å². The standard InChI is InChI=1S/C20H25N3O2/c1-15-5-7-18(8-6-15)22-20(25)21-12-17-9-10-23(14-17)13-16-3-2-4-19(24)11-16/h2-8,11,17,24H,9-10,12-14H2,1H3,(H2,21,22,25)/t17-/m1/s1. The molecule has 0 aliphatic carbocycles. The van der Waals surface area contributed by atoms with E-state index in [1.165, 1.54) is 5.56 Å². The molecule has 1 aliphatic heterocycles. The third kappa shape index (κ3) is 5.22. The molecule has 1 heterocycles. The van der Waals surface area contributed by atoms with E-state index in [2.05, 4.69) is 15.5 Å². The maximum atomic E-state index is 12.0. The van der Waals surface area contributed by atoms with Gasteiger partial charge in [0.1, 0.15) is 5.75 Å². The van der Waals surface area contributed by atoms with Crippen molar-refractivity contribution in [2.24, 2.45) is 5.92 Å². The van der Waals surface area contributed by atoms with Crippen molar-refractivity contribution in [1.29, 1.82) is 0 Å². The Balaban J connectivity index is 1.40. The number of urea groups is 1. The number of nitrogens with zero attached hydrogens (tertiary/aromatic N) is 1. The second-order valence-electron chi connectivity index (χ2n) is 6.76. The normalized spacial score (nSPS) is 17.4. The average molecular weight is 339 g/mol. The average Bonchev–Trinajstić information content (AvgIpc) is 3.03. The zero-order valence-corrected chi connectivity index (χ0v) is 14.5. The number of rotatable bonds is 5. The maximum absolute atomic E-state index is 12.0. The van der Waals surface area contributed by atoms with Gasteiger partial charge in [-0.3, -0.25) is 4.90 Å². The fraction of sp³-hybridized carbons (Fsp3) is 0.350. The summed E-state index contributed by atoms with van der Waals surface area (Å²) < 4.78 is 0. The van der Waals surface area contributed by atoms with Gasteiger partial charge < -0.3 is 15.7 Å². The summed E-state index contributed by atoms with van der Waals surface area (Å²) in [5, 5.41) is 15.4. The van der Waals surface area contributed by atoms with Crippen molar-refractivity contribution >= 4 is 11.7 Å². The molecule has 5 nitrogen and oxygen atoms in total. The minimum Gasteiger partial charge on any atom is -0.508 e. The fourth-order valence-corrected chi connectivity index (χ4v) is 3.19. The second-order valence-corrected chi connectivity index (χ2v) is 6.76. The Morgan fingerprint density at radius 3 is 2.80 bits per heavy atom. The summed E-state index contributed by atoms with van der Waals surface area (Å²) >= 11 is 0. The van der Waals surface area contributed by atoms with Crippen LogP contribution in [0.15, 0.2) is 48.5 Å². The Morgan fingerprint density at radius 1 is 1.24 bits per heavy atom. The van der Waals surface area contributed by atoms with Gasteiger partial charge in [-0.1, -0.05) is 29.8 Å². The van der Waals surface area contributed by atoms with Crippen molar-refractivity contribution in [2.45, 2.75) is 19.9 Å². The lowest BCUT2D eigenvalue weighted by molar-refractivity contribution is 0.249. The van der Waals surface area contributed by atoms with Gasteiger partial charge in [0, 0.05) is 25.3 Å². The van der Waals surface area contributed by atoms with E-state index in [-0.39, 0.29) is 6.03 Å². The summed E-state index contributed by atoms with van der Waals surface area (Å²) in [7, 11) is 0. The molecule has 0 saturated carbocycles. The Hall–Kier alpha value is -2.53. The predicted octanol–water partition coefficient (Wildman–Crippen LogP) is 3.34. The van der Waals surface area contributed by atoms with E-state index in [0.717, 1.165) is 37.3 Å². The lowest BCUT2D eigenvalue weighted by Crippen LogP contribution is -2.34. The van der Waals surface area contributed by atoms with E-state index in [4.69, 9.17) is 0 Å². The van der Waals surface area contributed by atoms with Crippen LogP contribution in [-0.2, 0) is 6.54 Å². The van der Waals surface area contributed by atoms with Crippen molar-refractivity contribution in [3.05, 3.63) is 59.7 Å². The third-order valence-corrected chi connectivity index (χ3v) is 4.55. The summed E-state index contributed by atoms with van der Waals surface area (Å²) in [5.41, 5.74) is 3.09. The van der Waals surface area contributed by atoms with Crippen LogP contribution in [0.1, 0.15) is 17.5 Å². The van der Waals surface area contributed by atoms with Crippen molar-refractivity contribution in [1.82, 2.24) is 10.2 Å². The number of amides is 2. The predicted molar refractivity (Wildman–Crippen MR) is 99.7 cm³/mol. The molecule has 132 valence electrons. The Kier molecular flexibility index (Phi) is 5.56. The van der Waals surface area contributed by atoms with Crippen LogP contribution in [0.25, 0.3) is 0 Å². The van der Waals surface area contributed by atoms with E-state index in [0.29, 0.717) is 18.2 Å². The Labute approximate surface area is 148 Å². The molecular weight excluding hydrogens is 314 g/mol. The molecule has 3 N–H and O–H groups in total. The number of hydrogen-bond donors (Lipinski definition) is 3. The first-order valence-electron chi connectivity index (χ1n) is 8.70. The van der Waals surface area contributed by atoms with Crippen LogP contribution in [-0.4, -0.2) is 35.7 Å². The molecule has 1 aliphatic rings. The van der Waals surface area contributed by atoms with E-state index in [9.17, 15) is 9.90 Å². The van der Waals surface area contributed by atoms with Crippen molar-refractivity contribution in [3.63, 3.8) is 0 Å². The molecule has 0 radical (unpaired) electrons. The Morgan fingerprint density at radius 2 is 2.04 bits per heavy atom. The molecule has 2 aromatic rings. The highest BCUT2D eigenvalue weighted by atomic mass is 16.3. The van der Waals surface area contributed by atoms with Gasteiger partial charge in [-0.25, -0.2) is 4.79 Å². The highest BCUT2D eigenvalue weighted by Gasteiger charge is 2.22. The van der Waals surface area contributed by atoms with Gasteiger partial charge in [0.25, 0.3) is 0 Å². The zero-order valence-electron chi connectivity index (χ0n) is 14.5. The molecule has 1 saturated heterocycles. The molecular formula is C20H25N3O2. The third-order valence-electron chi connectivity index (χ3n) is 4.55. The highest BCUT2D eigenvalue weighted by Crippen LogP contribution is 2.20. The summed E-state index contributed by atoms with van der Waals surface area (Å²) in [6.45, 7) is 5.50. The lowest BCUT2D eigenvalue weighted by Gasteiger charge is -2.16. The number of anilines is 1. The molecule has 5 heteroatoms. The molecule has 0 spiro atoms. The van der Waals surface area contributed by atoms with Gasteiger partial charge in [-0.15, -0.1) is 0 Å². The summed E-state index contributed by atoms with van der Waals surface area (Å²) in [6, 6.07) is 15.0. The van der Waals surface area contributed by atoms with E-state index in [1.807, 2.05) is 43.3 Å². The molecule has 2 aromatic carbocycles. The summed E-state index contributed by atoms with van der Waals surface area (Å²) in [4.78, 5) is 14.4. The van der Waals surface area contributed by atoms with Gasteiger partial charge >= 0.3 is 6.03 Å². The SMILES string of the molecule is Cc1ccc(NC(=O)NC[C@H]2CCN(Cc3cccc(O)c3)C2)cc1. The smallest absolute Gasteiger partial charge is 0.319 e. The monoisotopic (exact) mass is 339 g/mol. The molecule has 1 fully saturated rings. The first-order chi connectivity index (χ1) is 12.1. The largest absolute Gasteiger partial charge is 0.508 e. The second kappa shape index (κ2) is 8.03. The van der Waals surface area contributed by atoms with Crippen LogP contribution in [0.3, 0.4) is 0 Å². The number of phenols is 1.